The molecule has 0 aliphatic rings. The zero-order chi connectivity index (χ0) is 12.3. The first-order chi connectivity index (χ1) is 7.45. The van der Waals surface area contributed by atoms with Crippen molar-refractivity contribution in [2.45, 2.75) is 6.92 Å². The van der Waals surface area contributed by atoms with E-state index in [1.165, 1.54) is 11.3 Å². The van der Waals surface area contributed by atoms with E-state index in [9.17, 15) is 4.79 Å². The lowest BCUT2D eigenvalue weighted by Crippen LogP contribution is -2.06. The number of carbonyl (C=O) groups is 1. The SMILES string of the molecule is CNc1nc(C)c(C(=O)C(Cl)=CN(C)C)s1. The van der Waals surface area contributed by atoms with Crippen molar-refractivity contribution in [3.63, 3.8) is 0 Å². The minimum atomic E-state index is -0.188. The maximum atomic E-state index is 11.9. The van der Waals surface area contributed by atoms with Crippen LogP contribution in [0.1, 0.15) is 15.4 Å². The zero-order valence-electron chi connectivity index (χ0n) is 9.67. The monoisotopic (exact) mass is 259 g/mol. The Hall–Kier alpha value is -1.07. The average Bonchev–Trinajstić information content (AvgIpc) is 2.57. The van der Waals surface area contributed by atoms with E-state index in [2.05, 4.69) is 10.3 Å². The van der Waals surface area contributed by atoms with Gasteiger partial charge in [0, 0.05) is 27.3 Å². The van der Waals surface area contributed by atoms with Crippen LogP contribution in [0.5, 0.6) is 0 Å². The first-order valence-corrected chi connectivity index (χ1v) is 5.88. The van der Waals surface area contributed by atoms with Gasteiger partial charge >= 0.3 is 0 Å². The van der Waals surface area contributed by atoms with E-state index in [0.29, 0.717) is 10.6 Å². The van der Waals surface area contributed by atoms with Gasteiger partial charge in [-0.2, -0.15) is 0 Å². The molecule has 0 spiro atoms. The Morgan fingerprint density at radius 1 is 1.56 bits per heavy atom. The Bertz CT molecular complexity index is 426. The van der Waals surface area contributed by atoms with Crippen molar-refractivity contribution in [1.29, 1.82) is 0 Å². The molecule has 0 aliphatic carbocycles. The molecule has 0 bridgehead atoms. The summed E-state index contributed by atoms with van der Waals surface area (Å²) in [7, 11) is 5.40. The number of hydrogen-bond donors (Lipinski definition) is 1. The fourth-order valence-electron chi connectivity index (χ4n) is 1.11. The van der Waals surface area contributed by atoms with E-state index in [-0.39, 0.29) is 10.8 Å². The van der Waals surface area contributed by atoms with Crippen LogP contribution in [-0.4, -0.2) is 36.8 Å². The highest BCUT2D eigenvalue weighted by Gasteiger charge is 2.17. The van der Waals surface area contributed by atoms with E-state index in [4.69, 9.17) is 11.6 Å². The van der Waals surface area contributed by atoms with Crippen LogP contribution in [0, 0.1) is 6.92 Å². The molecular weight excluding hydrogens is 246 g/mol. The van der Waals surface area contributed by atoms with Crippen molar-refractivity contribution >= 4 is 33.9 Å². The van der Waals surface area contributed by atoms with Gasteiger partial charge < -0.3 is 10.2 Å². The molecule has 88 valence electrons. The van der Waals surface area contributed by atoms with Crippen LogP contribution in [0.3, 0.4) is 0 Å². The minimum Gasteiger partial charge on any atom is -0.382 e. The van der Waals surface area contributed by atoms with E-state index >= 15 is 0 Å². The van der Waals surface area contributed by atoms with Crippen LogP contribution in [0.25, 0.3) is 0 Å². The fraction of sp³-hybridized carbons (Fsp3) is 0.400. The molecule has 1 heterocycles. The number of thiazole rings is 1. The topological polar surface area (TPSA) is 45.2 Å². The highest BCUT2D eigenvalue weighted by Crippen LogP contribution is 2.25. The van der Waals surface area contributed by atoms with Gasteiger partial charge in [0.25, 0.3) is 0 Å². The van der Waals surface area contributed by atoms with Gasteiger partial charge in [-0.05, 0) is 6.92 Å². The molecule has 0 atom stereocenters. The maximum absolute atomic E-state index is 11.9. The lowest BCUT2D eigenvalue weighted by atomic mass is 10.3. The Balaban J connectivity index is 3.00. The Morgan fingerprint density at radius 3 is 2.62 bits per heavy atom. The van der Waals surface area contributed by atoms with Crippen LogP contribution in [0.15, 0.2) is 11.2 Å². The van der Waals surface area contributed by atoms with Gasteiger partial charge in [-0.25, -0.2) is 4.98 Å². The molecule has 0 saturated heterocycles. The number of rotatable bonds is 4. The van der Waals surface area contributed by atoms with E-state index in [1.807, 2.05) is 14.1 Å². The number of Topliss-reactive ketones (excluding diaryl/α,β-unsaturated/α-hetero) is 1. The smallest absolute Gasteiger partial charge is 0.217 e. The molecule has 0 amide bonds. The van der Waals surface area contributed by atoms with Crippen LogP contribution in [-0.2, 0) is 0 Å². The lowest BCUT2D eigenvalue weighted by Gasteiger charge is -2.05. The number of anilines is 1. The van der Waals surface area contributed by atoms with Crippen molar-refractivity contribution in [3.05, 3.63) is 21.8 Å². The number of allylic oxidation sites excluding steroid dienone is 1. The summed E-state index contributed by atoms with van der Waals surface area (Å²) in [5, 5.41) is 3.82. The molecule has 0 fully saturated rings. The largest absolute Gasteiger partial charge is 0.382 e. The Morgan fingerprint density at radius 2 is 2.19 bits per heavy atom. The number of carbonyl (C=O) groups excluding carboxylic acids is 1. The second kappa shape index (κ2) is 5.32. The van der Waals surface area contributed by atoms with Gasteiger partial charge in [0.2, 0.25) is 5.78 Å². The van der Waals surface area contributed by atoms with Gasteiger partial charge in [-0.3, -0.25) is 4.79 Å². The lowest BCUT2D eigenvalue weighted by molar-refractivity contribution is 0.104. The van der Waals surface area contributed by atoms with Crippen molar-refractivity contribution in [2.24, 2.45) is 0 Å². The third kappa shape index (κ3) is 2.96. The maximum Gasteiger partial charge on any atom is 0.217 e. The quantitative estimate of drug-likeness (QED) is 0.666. The summed E-state index contributed by atoms with van der Waals surface area (Å²) in [5.74, 6) is -0.188. The molecule has 1 aromatic heterocycles. The molecule has 0 aliphatic heterocycles. The van der Waals surface area contributed by atoms with Gasteiger partial charge in [0.05, 0.1) is 5.69 Å². The Labute approximate surface area is 104 Å². The molecule has 4 nitrogen and oxygen atoms in total. The van der Waals surface area contributed by atoms with Crippen LogP contribution < -0.4 is 5.32 Å². The number of aromatic nitrogens is 1. The molecule has 1 aromatic rings. The summed E-state index contributed by atoms with van der Waals surface area (Å²) in [6.45, 7) is 1.80. The first-order valence-electron chi connectivity index (χ1n) is 4.69. The predicted octanol–water partition coefficient (Wildman–Crippen LogP) is 2.32. The van der Waals surface area contributed by atoms with Gasteiger partial charge in [-0.1, -0.05) is 22.9 Å². The van der Waals surface area contributed by atoms with Crippen LogP contribution >= 0.6 is 22.9 Å². The summed E-state index contributed by atoms with van der Waals surface area (Å²) >= 11 is 7.22. The molecular formula is C10H14ClN3OS. The second-order valence-electron chi connectivity index (χ2n) is 3.45. The highest BCUT2D eigenvalue weighted by molar-refractivity contribution is 7.17. The van der Waals surface area contributed by atoms with Crippen molar-refractivity contribution in [3.8, 4) is 0 Å². The molecule has 0 unspecified atom stereocenters. The van der Waals surface area contributed by atoms with Crippen molar-refractivity contribution in [1.82, 2.24) is 9.88 Å². The average molecular weight is 260 g/mol. The summed E-state index contributed by atoms with van der Waals surface area (Å²) in [6, 6.07) is 0. The van der Waals surface area contributed by atoms with Crippen molar-refractivity contribution in [2.75, 3.05) is 26.5 Å². The predicted molar refractivity (Wildman–Crippen MR) is 68.4 cm³/mol. The summed E-state index contributed by atoms with van der Waals surface area (Å²) in [5.41, 5.74) is 0.699. The number of hydrogen-bond acceptors (Lipinski definition) is 5. The number of halogens is 1. The normalized spacial score (nSPS) is 11.4. The molecule has 1 N–H and O–H groups in total. The molecule has 1 rings (SSSR count). The minimum absolute atomic E-state index is 0.188. The zero-order valence-corrected chi connectivity index (χ0v) is 11.2. The van der Waals surface area contributed by atoms with Gasteiger partial charge in [0.15, 0.2) is 5.13 Å². The molecule has 0 radical (unpaired) electrons. The summed E-state index contributed by atoms with van der Waals surface area (Å²) in [4.78, 5) is 18.5. The van der Waals surface area contributed by atoms with Gasteiger partial charge in [0.1, 0.15) is 9.91 Å². The first kappa shape index (κ1) is 13.0. The highest BCUT2D eigenvalue weighted by atomic mass is 35.5. The number of ketones is 1. The molecule has 6 heteroatoms. The van der Waals surface area contributed by atoms with Gasteiger partial charge in [-0.15, -0.1) is 0 Å². The Kier molecular flexibility index (Phi) is 4.32. The molecule has 0 saturated carbocycles. The molecule has 0 aromatic carbocycles. The second-order valence-corrected chi connectivity index (χ2v) is 4.86. The molecule has 16 heavy (non-hydrogen) atoms. The van der Waals surface area contributed by atoms with Crippen LogP contribution in [0.2, 0.25) is 0 Å². The van der Waals surface area contributed by atoms with E-state index < -0.39 is 0 Å². The third-order valence-corrected chi connectivity index (χ3v) is 3.25. The fourth-order valence-corrected chi connectivity index (χ4v) is 2.33. The third-order valence-electron chi connectivity index (χ3n) is 1.81. The summed E-state index contributed by atoms with van der Waals surface area (Å²) < 4.78 is 0. The van der Waals surface area contributed by atoms with Crippen LogP contribution in [0.4, 0.5) is 5.13 Å². The van der Waals surface area contributed by atoms with Crippen molar-refractivity contribution < 1.29 is 4.79 Å². The number of aryl methyl sites for hydroxylation is 1. The summed E-state index contributed by atoms with van der Waals surface area (Å²) in [6.07, 6.45) is 1.59. The van der Waals surface area contributed by atoms with E-state index in [1.54, 1.807) is 25.1 Å². The standard InChI is InChI=1S/C10H14ClN3OS/c1-6-9(16-10(12-2)13-6)8(15)7(11)5-14(3)4/h5H,1-4H3,(H,12,13). The number of nitrogens with zero attached hydrogens (tertiary/aromatic N) is 2. The van der Waals surface area contributed by atoms with E-state index in [0.717, 1.165) is 5.13 Å². The number of nitrogens with one attached hydrogen (secondary N) is 1.